The van der Waals surface area contributed by atoms with E-state index in [0.29, 0.717) is 0 Å². The third-order valence-electron chi connectivity index (χ3n) is 1.76. The first kappa shape index (κ1) is 10.6. The van der Waals surface area contributed by atoms with Gasteiger partial charge in [0.05, 0.1) is 6.04 Å². The van der Waals surface area contributed by atoms with Crippen molar-refractivity contribution in [1.82, 2.24) is 5.32 Å². The topological polar surface area (TPSA) is 29.1 Å². The second kappa shape index (κ2) is 7.73. The van der Waals surface area contributed by atoms with Gasteiger partial charge in [-0.3, -0.25) is 0 Å². The van der Waals surface area contributed by atoms with Crippen molar-refractivity contribution >= 4 is 6.29 Å². The van der Waals surface area contributed by atoms with Gasteiger partial charge in [0.2, 0.25) is 0 Å². The number of unbranched alkanes of at least 4 members (excludes halogenated alkanes) is 1. The van der Waals surface area contributed by atoms with E-state index in [4.69, 9.17) is 0 Å². The molecule has 11 heavy (non-hydrogen) atoms. The molecule has 1 unspecified atom stereocenters. The number of nitrogens with one attached hydrogen (secondary N) is 1. The molecule has 66 valence electrons. The molecule has 1 N–H and O–H groups in total. The van der Waals surface area contributed by atoms with Gasteiger partial charge < -0.3 is 10.1 Å². The van der Waals surface area contributed by atoms with Gasteiger partial charge in [0.15, 0.2) is 0 Å². The van der Waals surface area contributed by atoms with Gasteiger partial charge in [-0.1, -0.05) is 26.7 Å². The van der Waals surface area contributed by atoms with Crippen molar-refractivity contribution in [3.05, 3.63) is 0 Å². The second-order valence-corrected chi connectivity index (χ2v) is 2.84. The number of rotatable bonds is 2. The largest absolute Gasteiger partial charge is 0.308 e. The van der Waals surface area contributed by atoms with Crippen molar-refractivity contribution < 1.29 is 4.79 Å². The first-order valence-electron chi connectivity index (χ1n) is 4.53. The summed E-state index contributed by atoms with van der Waals surface area (Å²) in [5.74, 6) is 0. The summed E-state index contributed by atoms with van der Waals surface area (Å²) in [6.07, 6.45) is 5.81. The van der Waals surface area contributed by atoms with Crippen LogP contribution >= 0.6 is 0 Å². The molecule has 1 saturated heterocycles. The normalized spacial score (nSPS) is 22.2. The molecular formula is C9H19NO. The lowest BCUT2D eigenvalue weighted by Gasteiger charge is -1.93. The Bertz CT molecular complexity index is 85.6. The summed E-state index contributed by atoms with van der Waals surface area (Å²) in [6.45, 7) is 5.38. The summed E-state index contributed by atoms with van der Waals surface area (Å²) in [6, 6.07) is 0.167. The van der Waals surface area contributed by atoms with Crippen LogP contribution in [0.25, 0.3) is 0 Å². The molecule has 0 aliphatic carbocycles. The Hall–Kier alpha value is -0.370. The molecule has 0 aromatic heterocycles. The molecule has 0 saturated carbocycles. The Morgan fingerprint density at radius 2 is 2.09 bits per heavy atom. The van der Waals surface area contributed by atoms with Crippen LogP contribution in [-0.2, 0) is 4.79 Å². The van der Waals surface area contributed by atoms with Crippen molar-refractivity contribution in [3.63, 3.8) is 0 Å². The van der Waals surface area contributed by atoms with Crippen LogP contribution in [0.5, 0.6) is 0 Å². The molecule has 1 rings (SSSR count). The molecule has 1 heterocycles. The molecule has 2 heteroatoms. The molecule has 0 spiro atoms. The summed E-state index contributed by atoms with van der Waals surface area (Å²) in [5.41, 5.74) is 0. The molecule has 0 amide bonds. The highest BCUT2D eigenvalue weighted by atomic mass is 16.1. The highest BCUT2D eigenvalue weighted by Gasteiger charge is 2.10. The Balaban J connectivity index is 0.000000218. The maximum absolute atomic E-state index is 9.94. The van der Waals surface area contributed by atoms with Crippen LogP contribution in [0.3, 0.4) is 0 Å². The Morgan fingerprint density at radius 3 is 2.27 bits per heavy atom. The number of hydrogen-bond acceptors (Lipinski definition) is 2. The van der Waals surface area contributed by atoms with Gasteiger partial charge in [-0.05, 0) is 19.4 Å². The second-order valence-electron chi connectivity index (χ2n) is 2.84. The first-order chi connectivity index (χ1) is 5.35. The lowest BCUT2D eigenvalue weighted by molar-refractivity contribution is -0.109. The minimum atomic E-state index is 0.167. The average molecular weight is 157 g/mol. The molecule has 2 nitrogen and oxygen atoms in total. The molecule has 1 atom stereocenters. The van der Waals surface area contributed by atoms with Gasteiger partial charge in [-0.2, -0.15) is 0 Å². The Morgan fingerprint density at radius 1 is 1.45 bits per heavy atom. The zero-order valence-electron chi connectivity index (χ0n) is 7.60. The molecule has 0 aromatic carbocycles. The van der Waals surface area contributed by atoms with E-state index in [-0.39, 0.29) is 6.04 Å². The standard InChI is InChI=1S/C5H9NO.C4H10/c7-4-5-2-1-3-6-5;1-3-4-2/h4-6H,1-3H2;3-4H2,1-2H3. The zero-order valence-corrected chi connectivity index (χ0v) is 7.60. The Labute approximate surface area is 69.4 Å². The summed E-state index contributed by atoms with van der Waals surface area (Å²) in [4.78, 5) is 9.94. The van der Waals surface area contributed by atoms with E-state index in [9.17, 15) is 4.79 Å². The monoisotopic (exact) mass is 157 g/mol. The Kier molecular flexibility index (Phi) is 7.47. The van der Waals surface area contributed by atoms with Crippen LogP contribution in [0, 0.1) is 0 Å². The fraction of sp³-hybridized carbons (Fsp3) is 0.889. The molecule has 0 aromatic rings. The van der Waals surface area contributed by atoms with Gasteiger partial charge in [-0.15, -0.1) is 0 Å². The summed E-state index contributed by atoms with van der Waals surface area (Å²) in [5, 5.41) is 3.04. The zero-order chi connectivity index (χ0) is 8.53. The van der Waals surface area contributed by atoms with Gasteiger partial charge in [0, 0.05) is 0 Å². The summed E-state index contributed by atoms with van der Waals surface area (Å²) >= 11 is 0. The third kappa shape index (κ3) is 6.05. The molecule has 1 aliphatic heterocycles. The fourth-order valence-electron chi connectivity index (χ4n) is 0.828. The highest BCUT2D eigenvalue weighted by molar-refractivity contribution is 5.57. The van der Waals surface area contributed by atoms with E-state index in [1.165, 1.54) is 12.8 Å². The lowest BCUT2D eigenvalue weighted by Crippen LogP contribution is -2.21. The molecule has 0 radical (unpaired) electrons. The van der Waals surface area contributed by atoms with Crippen molar-refractivity contribution in [1.29, 1.82) is 0 Å². The molecular weight excluding hydrogens is 138 g/mol. The number of hydrogen-bond donors (Lipinski definition) is 1. The van der Waals surface area contributed by atoms with E-state index in [0.717, 1.165) is 25.7 Å². The molecule has 1 fully saturated rings. The van der Waals surface area contributed by atoms with Crippen molar-refractivity contribution in [3.8, 4) is 0 Å². The van der Waals surface area contributed by atoms with E-state index < -0.39 is 0 Å². The number of carbonyl (C=O) groups is 1. The maximum atomic E-state index is 9.94. The smallest absolute Gasteiger partial charge is 0.136 e. The minimum Gasteiger partial charge on any atom is -0.308 e. The minimum absolute atomic E-state index is 0.167. The predicted octanol–water partition coefficient (Wildman–Crippen LogP) is 1.74. The third-order valence-corrected chi connectivity index (χ3v) is 1.76. The fourth-order valence-corrected chi connectivity index (χ4v) is 0.828. The van der Waals surface area contributed by atoms with Gasteiger partial charge in [0.25, 0.3) is 0 Å². The summed E-state index contributed by atoms with van der Waals surface area (Å²) in [7, 11) is 0. The van der Waals surface area contributed by atoms with Crippen molar-refractivity contribution in [2.75, 3.05) is 6.54 Å². The highest BCUT2D eigenvalue weighted by Crippen LogP contribution is 2.00. The van der Waals surface area contributed by atoms with Crippen LogP contribution in [0.15, 0.2) is 0 Å². The van der Waals surface area contributed by atoms with E-state index in [2.05, 4.69) is 19.2 Å². The van der Waals surface area contributed by atoms with Crippen LogP contribution in [0.2, 0.25) is 0 Å². The summed E-state index contributed by atoms with van der Waals surface area (Å²) < 4.78 is 0. The average Bonchev–Trinajstić information content (AvgIpc) is 2.56. The van der Waals surface area contributed by atoms with E-state index in [1.807, 2.05) is 0 Å². The lowest BCUT2D eigenvalue weighted by atomic mass is 10.2. The van der Waals surface area contributed by atoms with Crippen LogP contribution in [0.4, 0.5) is 0 Å². The van der Waals surface area contributed by atoms with Crippen molar-refractivity contribution in [2.24, 2.45) is 0 Å². The number of aldehydes is 1. The predicted molar refractivity (Wildman–Crippen MR) is 47.7 cm³/mol. The van der Waals surface area contributed by atoms with Gasteiger partial charge >= 0.3 is 0 Å². The maximum Gasteiger partial charge on any atom is 0.136 e. The van der Waals surface area contributed by atoms with E-state index in [1.54, 1.807) is 0 Å². The SMILES string of the molecule is CCCC.O=CC1CCCN1. The van der Waals surface area contributed by atoms with Gasteiger partial charge in [0.1, 0.15) is 6.29 Å². The first-order valence-corrected chi connectivity index (χ1v) is 4.53. The van der Waals surface area contributed by atoms with Crippen LogP contribution in [-0.4, -0.2) is 18.9 Å². The van der Waals surface area contributed by atoms with Gasteiger partial charge in [-0.25, -0.2) is 0 Å². The van der Waals surface area contributed by atoms with Crippen LogP contribution in [0.1, 0.15) is 39.5 Å². The molecule has 0 bridgehead atoms. The number of carbonyl (C=O) groups excluding carboxylic acids is 1. The quantitative estimate of drug-likeness (QED) is 0.619. The molecule has 1 aliphatic rings. The van der Waals surface area contributed by atoms with Crippen molar-refractivity contribution in [2.45, 2.75) is 45.6 Å². The van der Waals surface area contributed by atoms with E-state index >= 15 is 0 Å². The van der Waals surface area contributed by atoms with Crippen LogP contribution < -0.4 is 5.32 Å².